The standard InChI is InChI=1S/C15H22N2O6/c1-5-21-14(19)11-6-12-17(16-11)7-10(22-12)8-20-9-13(18)23-15(2,3)4/h6,10H,5,7-9H2,1-4H3. The second kappa shape index (κ2) is 6.99. The van der Waals surface area contributed by atoms with E-state index in [0.717, 1.165) is 0 Å². The SMILES string of the molecule is CCOC(=O)c1cc2n(n1)CC(COCC(=O)OC(C)(C)C)O2. The highest BCUT2D eigenvalue weighted by molar-refractivity contribution is 5.87. The molecule has 23 heavy (non-hydrogen) atoms. The molecule has 128 valence electrons. The number of aromatic nitrogens is 2. The van der Waals surface area contributed by atoms with Crippen LogP contribution in [0.1, 0.15) is 38.2 Å². The van der Waals surface area contributed by atoms with Crippen LogP contribution in [0.15, 0.2) is 6.07 Å². The van der Waals surface area contributed by atoms with E-state index in [4.69, 9.17) is 18.9 Å². The van der Waals surface area contributed by atoms with Gasteiger partial charge in [0.1, 0.15) is 18.3 Å². The second-order valence-corrected chi connectivity index (χ2v) is 6.11. The molecule has 0 saturated heterocycles. The summed E-state index contributed by atoms with van der Waals surface area (Å²) in [4.78, 5) is 23.1. The number of carbonyl (C=O) groups is 2. The largest absolute Gasteiger partial charge is 0.470 e. The third-order valence-electron chi connectivity index (χ3n) is 2.84. The maximum absolute atomic E-state index is 11.6. The van der Waals surface area contributed by atoms with Gasteiger partial charge in [0.2, 0.25) is 5.88 Å². The summed E-state index contributed by atoms with van der Waals surface area (Å²) in [7, 11) is 0. The van der Waals surface area contributed by atoms with E-state index >= 15 is 0 Å². The Morgan fingerprint density at radius 3 is 2.78 bits per heavy atom. The topological polar surface area (TPSA) is 88.9 Å². The van der Waals surface area contributed by atoms with Gasteiger partial charge in [0.15, 0.2) is 5.69 Å². The summed E-state index contributed by atoms with van der Waals surface area (Å²) in [6.07, 6.45) is -0.254. The van der Waals surface area contributed by atoms with Crippen molar-refractivity contribution in [3.8, 4) is 5.88 Å². The van der Waals surface area contributed by atoms with Crippen LogP contribution in [0.2, 0.25) is 0 Å². The molecule has 1 aromatic heterocycles. The number of esters is 2. The Balaban J connectivity index is 1.75. The quantitative estimate of drug-likeness (QED) is 0.725. The molecule has 0 saturated carbocycles. The Hall–Kier alpha value is -2.09. The van der Waals surface area contributed by atoms with Gasteiger partial charge in [0.25, 0.3) is 0 Å². The highest BCUT2D eigenvalue weighted by Crippen LogP contribution is 2.23. The molecule has 1 unspecified atom stereocenters. The molecule has 1 atom stereocenters. The zero-order valence-corrected chi connectivity index (χ0v) is 13.8. The van der Waals surface area contributed by atoms with Gasteiger partial charge in [-0.2, -0.15) is 5.10 Å². The van der Waals surface area contributed by atoms with E-state index in [1.807, 2.05) is 0 Å². The van der Waals surface area contributed by atoms with Crippen molar-refractivity contribution in [3.63, 3.8) is 0 Å². The van der Waals surface area contributed by atoms with Crippen LogP contribution in [0.25, 0.3) is 0 Å². The van der Waals surface area contributed by atoms with Gasteiger partial charge in [0.05, 0.1) is 19.8 Å². The van der Waals surface area contributed by atoms with Crippen LogP contribution in [0, 0.1) is 0 Å². The molecular weight excluding hydrogens is 304 g/mol. The van der Waals surface area contributed by atoms with Gasteiger partial charge >= 0.3 is 11.9 Å². The van der Waals surface area contributed by atoms with Gasteiger partial charge in [-0.25, -0.2) is 14.3 Å². The zero-order valence-electron chi connectivity index (χ0n) is 13.8. The van der Waals surface area contributed by atoms with Crippen molar-refractivity contribution in [1.29, 1.82) is 0 Å². The zero-order chi connectivity index (χ0) is 17.0. The van der Waals surface area contributed by atoms with Crippen molar-refractivity contribution in [2.45, 2.75) is 45.9 Å². The number of fused-ring (bicyclic) bond motifs is 1. The van der Waals surface area contributed by atoms with Crippen molar-refractivity contribution >= 4 is 11.9 Å². The number of rotatable bonds is 6. The van der Waals surface area contributed by atoms with Gasteiger partial charge in [-0.3, -0.25) is 0 Å². The van der Waals surface area contributed by atoms with Crippen LogP contribution in [0.3, 0.4) is 0 Å². The highest BCUT2D eigenvalue weighted by Gasteiger charge is 2.27. The first-order valence-corrected chi connectivity index (χ1v) is 7.49. The molecule has 2 rings (SSSR count). The summed E-state index contributed by atoms with van der Waals surface area (Å²) in [5, 5.41) is 4.12. The Labute approximate surface area is 134 Å². The van der Waals surface area contributed by atoms with Crippen LogP contribution in [0.4, 0.5) is 0 Å². The second-order valence-electron chi connectivity index (χ2n) is 6.11. The van der Waals surface area contributed by atoms with Crippen LogP contribution in [-0.4, -0.2) is 53.2 Å². The lowest BCUT2D eigenvalue weighted by Gasteiger charge is -2.19. The van der Waals surface area contributed by atoms with Crippen molar-refractivity contribution in [1.82, 2.24) is 9.78 Å². The first kappa shape index (κ1) is 17.3. The summed E-state index contributed by atoms with van der Waals surface area (Å²) in [6.45, 7) is 7.97. The van der Waals surface area contributed by atoms with E-state index in [1.165, 1.54) is 6.07 Å². The lowest BCUT2D eigenvalue weighted by Crippen LogP contribution is -2.29. The minimum absolute atomic E-state index is 0.131. The van der Waals surface area contributed by atoms with Gasteiger partial charge < -0.3 is 18.9 Å². The third-order valence-corrected chi connectivity index (χ3v) is 2.84. The van der Waals surface area contributed by atoms with Crippen molar-refractivity contribution in [2.75, 3.05) is 19.8 Å². The maximum Gasteiger partial charge on any atom is 0.358 e. The molecule has 0 spiro atoms. The van der Waals surface area contributed by atoms with Crippen LogP contribution >= 0.6 is 0 Å². The number of hydrogen-bond donors (Lipinski definition) is 0. The fraction of sp³-hybridized carbons (Fsp3) is 0.667. The molecule has 1 aliphatic heterocycles. The predicted octanol–water partition coefficient (Wildman–Crippen LogP) is 1.18. The maximum atomic E-state index is 11.6. The van der Waals surface area contributed by atoms with Gasteiger partial charge in [-0.05, 0) is 27.7 Å². The molecule has 0 aromatic carbocycles. The van der Waals surface area contributed by atoms with E-state index in [1.54, 1.807) is 32.4 Å². The van der Waals surface area contributed by atoms with Crippen LogP contribution < -0.4 is 4.74 Å². The monoisotopic (exact) mass is 326 g/mol. The predicted molar refractivity (Wildman–Crippen MR) is 79.3 cm³/mol. The van der Waals surface area contributed by atoms with E-state index in [9.17, 15) is 9.59 Å². The fourth-order valence-corrected chi connectivity index (χ4v) is 2.06. The lowest BCUT2D eigenvalue weighted by molar-refractivity contribution is -0.160. The molecular formula is C15H22N2O6. The minimum atomic E-state index is -0.532. The molecule has 1 aromatic rings. The van der Waals surface area contributed by atoms with Crippen molar-refractivity contribution in [2.24, 2.45) is 0 Å². The molecule has 0 fully saturated rings. The molecule has 0 radical (unpaired) electrons. The normalized spacial score (nSPS) is 16.6. The summed E-state index contributed by atoms with van der Waals surface area (Å²) >= 11 is 0. The summed E-state index contributed by atoms with van der Waals surface area (Å²) in [5.41, 5.74) is -0.314. The Morgan fingerprint density at radius 1 is 1.43 bits per heavy atom. The Bertz CT molecular complexity index is 552. The third kappa shape index (κ3) is 4.95. The number of nitrogens with zero attached hydrogens (tertiary/aromatic N) is 2. The average Bonchev–Trinajstić information content (AvgIpc) is 2.94. The number of carbonyl (C=O) groups excluding carboxylic acids is 2. The van der Waals surface area contributed by atoms with Gasteiger partial charge in [-0.1, -0.05) is 0 Å². The Morgan fingerprint density at radius 2 is 2.17 bits per heavy atom. The molecule has 0 N–H and O–H groups in total. The summed E-state index contributed by atoms with van der Waals surface area (Å²) < 4.78 is 22.5. The summed E-state index contributed by atoms with van der Waals surface area (Å²) in [5.74, 6) is -0.410. The molecule has 8 heteroatoms. The number of ether oxygens (including phenoxy) is 4. The summed E-state index contributed by atoms with van der Waals surface area (Å²) in [6, 6.07) is 1.53. The minimum Gasteiger partial charge on any atom is -0.470 e. The highest BCUT2D eigenvalue weighted by atomic mass is 16.6. The smallest absolute Gasteiger partial charge is 0.358 e. The first-order valence-electron chi connectivity index (χ1n) is 7.49. The van der Waals surface area contributed by atoms with Gasteiger partial charge in [0, 0.05) is 6.07 Å². The molecule has 8 nitrogen and oxygen atoms in total. The first-order chi connectivity index (χ1) is 10.8. The van der Waals surface area contributed by atoms with Crippen LogP contribution in [0.5, 0.6) is 5.88 Å². The Kier molecular flexibility index (Phi) is 5.25. The molecule has 0 amide bonds. The van der Waals surface area contributed by atoms with Crippen LogP contribution in [-0.2, 0) is 25.5 Å². The average molecular weight is 326 g/mol. The number of hydrogen-bond acceptors (Lipinski definition) is 7. The fourth-order valence-electron chi connectivity index (χ4n) is 2.06. The molecule has 0 bridgehead atoms. The van der Waals surface area contributed by atoms with Crippen molar-refractivity contribution < 1.29 is 28.5 Å². The molecule has 0 aliphatic carbocycles. The van der Waals surface area contributed by atoms with E-state index < -0.39 is 17.5 Å². The van der Waals surface area contributed by atoms with E-state index in [2.05, 4.69) is 5.10 Å². The van der Waals surface area contributed by atoms with Crippen molar-refractivity contribution in [3.05, 3.63) is 11.8 Å². The van der Waals surface area contributed by atoms with Gasteiger partial charge in [-0.15, -0.1) is 0 Å². The van der Waals surface area contributed by atoms with E-state index in [0.29, 0.717) is 19.0 Å². The molecule has 2 heterocycles. The lowest BCUT2D eigenvalue weighted by atomic mass is 10.2. The van der Waals surface area contributed by atoms with E-state index in [-0.39, 0.29) is 25.0 Å². The molecule has 1 aliphatic rings.